The fraction of sp³-hybridized carbons (Fsp3) is 0.558. The van der Waals surface area contributed by atoms with E-state index in [0.717, 1.165) is 34.9 Å². The molecule has 14 nitrogen and oxygen atoms in total. The summed E-state index contributed by atoms with van der Waals surface area (Å²) in [5.74, 6) is 1.03. The molecule has 2 N–H and O–H groups in total. The first-order valence-electron chi connectivity index (χ1n) is 24.1. The van der Waals surface area contributed by atoms with Crippen LogP contribution in [0.3, 0.4) is 0 Å². The molecule has 0 bridgehead atoms. The van der Waals surface area contributed by atoms with E-state index in [4.69, 9.17) is 79.1 Å². The van der Waals surface area contributed by atoms with E-state index in [9.17, 15) is 14.2 Å². The van der Waals surface area contributed by atoms with Crippen LogP contribution in [0, 0.1) is 5.41 Å². The second-order valence-electron chi connectivity index (χ2n) is 18.5. The normalized spacial score (nSPS) is 19.5. The van der Waals surface area contributed by atoms with E-state index in [-0.39, 0.29) is 18.3 Å². The van der Waals surface area contributed by atoms with Crippen molar-refractivity contribution in [2.24, 2.45) is 5.41 Å². The summed E-state index contributed by atoms with van der Waals surface area (Å²) < 4.78 is 53.5. The zero-order valence-electron chi connectivity index (χ0n) is 43.0. The van der Waals surface area contributed by atoms with Gasteiger partial charge < -0.3 is 34.3 Å². The minimum atomic E-state index is -2.53. The van der Waals surface area contributed by atoms with Gasteiger partial charge in [-0.05, 0) is 94.2 Å². The number of aromatic nitrogens is 2. The Labute approximate surface area is 451 Å². The quantitative estimate of drug-likeness (QED) is 0.0295. The van der Waals surface area contributed by atoms with Gasteiger partial charge in [-0.3, -0.25) is 9.36 Å². The van der Waals surface area contributed by atoms with E-state index >= 15 is 0 Å². The molecule has 0 amide bonds. The summed E-state index contributed by atoms with van der Waals surface area (Å²) in [5.41, 5.74) is -0.558. The smallest absolute Gasteiger partial charge is 0.497 e. The Kier molecular flexibility index (Phi) is 24.6. The van der Waals surface area contributed by atoms with Crippen molar-refractivity contribution < 1.29 is 42.1 Å². The van der Waals surface area contributed by atoms with Gasteiger partial charge in [0.15, 0.2) is 17.1 Å². The fourth-order valence-corrected chi connectivity index (χ4v) is 9.88. The number of ether oxygens (including phenoxy) is 5. The summed E-state index contributed by atoms with van der Waals surface area (Å²) in [6.45, 7) is 14.5. The zero-order valence-corrected chi connectivity index (χ0v) is 47.7. The predicted molar refractivity (Wildman–Crippen MR) is 291 cm³/mol. The Bertz CT molecular complexity index is 2280. The zero-order chi connectivity index (χ0) is 53.2. The highest BCUT2D eigenvalue weighted by atomic mass is 35.6. The van der Waals surface area contributed by atoms with Crippen LogP contribution >= 0.6 is 66.4 Å². The molecule has 2 aliphatic heterocycles. The summed E-state index contributed by atoms with van der Waals surface area (Å²) in [5, 5.41) is 6.84. The second kappa shape index (κ2) is 28.8. The number of hydrogen-bond donors (Lipinski definition) is 2. The highest BCUT2D eigenvalue weighted by molar-refractivity contribution is 8.13. The molecule has 5 atom stereocenters. The van der Waals surface area contributed by atoms with Gasteiger partial charge in [-0.25, -0.2) is 4.79 Å². The number of carbonyl (C=O) groups excluding carboxylic acids is 1. The first-order chi connectivity index (χ1) is 34.1. The van der Waals surface area contributed by atoms with Crippen molar-refractivity contribution in [2.75, 3.05) is 52.1 Å². The van der Waals surface area contributed by atoms with Crippen LogP contribution in [0.25, 0.3) is 0 Å². The van der Waals surface area contributed by atoms with Crippen molar-refractivity contribution in [1.82, 2.24) is 14.9 Å². The molecule has 2 aliphatic rings. The van der Waals surface area contributed by atoms with Crippen LogP contribution in [0.2, 0.25) is 0 Å². The van der Waals surface area contributed by atoms with Gasteiger partial charge in [0, 0.05) is 21.9 Å². The average Bonchev–Trinajstić information content (AvgIpc) is 3.76. The number of anilines is 1. The van der Waals surface area contributed by atoms with Crippen molar-refractivity contribution in [2.45, 2.75) is 132 Å². The van der Waals surface area contributed by atoms with Crippen LogP contribution in [-0.4, -0.2) is 88.3 Å². The lowest BCUT2D eigenvalue weighted by molar-refractivity contribution is -0.217. The average molecular weight is 1120 g/mol. The highest BCUT2D eigenvalue weighted by Gasteiger charge is 2.65. The number of methoxy groups -OCH3 is 2. The summed E-state index contributed by atoms with van der Waals surface area (Å²) >= 11 is 20.5. The molecule has 3 aromatic carbocycles. The number of thioether (sulfide) groups is 1. The van der Waals surface area contributed by atoms with Gasteiger partial charge in [-0.2, -0.15) is 4.98 Å². The van der Waals surface area contributed by atoms with Crippen molar-refractivity contribution >= 4 is 77.4 Å². The number of fused-ring (bicyclic) bond motifs is 1. The molecule has 2 fully saturated rings. The molecule has 0 radical (unpaired) electrons. The third kappa shape index (κ3) is 17.8. The Hall–Kier alpha value is -3.02. The van der Waals surface area contributed by atoms with Gasteiger partial charge in [0.25, 0.3) is 3.25 Å². The standard InChI is InChI=1S/C42H50N3O10PS.C9H21N.CCl4/c1-9-39(2,3)37(46)57-26-25-51-56(48)52-27-33-35-41(6,55-40(4,5)54-35)36(53-33)45-24-23-34(43-38(45)47)44-42(28-13-11-10-12-14-28,29-15-19-31(49-7)20-16-29)30-17-21-32(50-8)22-18-30;1-3-4-5-6-7-8-9-10-2;2-1(3,4)5/h10-24,33,35-36H,9,25-27H2,1-8H3;10H,3-9H2,1-2H3;/p+1/t33-,35+,36-,41?;;/m1../s1. The van der Waals surface area contributed by atoms with E-state index < -0.39 is 58.0 Å². The highest BCUT2D eigenvalue weighted by Crippen LogP contribution is 2.51. The largest absolute Gasteiger partial charge is 0.697 e. The fourth-order valence-electron chi connectivity index (χ4n) is 8.29. The lowest BCUT2D eigenvalue weighted by atomic mass is 9.77. The maximum atomic E-state index is 14.1. The SMILES string of the molecule is CCC(C)(C)C(=O)SCCO[P+](=O)OC[C@H]1O[C@@H](n2ccc(NC(c3ccccc3)(c3ccc(OC)cc3)c3ccc(OC)cc3)nc2=O)C2(C)OC(C)(C)O[C@@H]12.CCCCCCCCNC.ClC(Cl)(Cl)Cl. The Balaban J connectivity index is 0.000000651. The number of rotatable bonds is 24. The molecule has 398 valence electrons. The van der Waals surface area contributed by atoms with Gasteiger partial charge in [0.1, 0.15) is 53.9 Å². The van der Waals surface area contributed by atoms with Crippen LogP contribution in [0.4, 0.5) is 5.82 Å². The molecular formula is C52H72Cl4N4O10PS+. The Morgan fingerprint density at radius 1 is 0.833 bits per heavy atom. The van der Waals surface area contributed by atoms with Crippen molar-refractivity contribution in [3.8, 4) is 11.5 Å². The van der Waals surface area contributed by atoms with Gasteiger partial charge in [-0.1, -0.05) is 173 Å². The third-order valence-electron chi connectivity index (χ3n) is 12.3. The third-order valence-corrected chi connectivity index (χ3v) is 14.2. The maximum absolute atomic E-state index is 14.1. The van der Waals surface area contributed by atoms with Crippen molar-refractivity contribution in [1.29, 1.82) is 0 Å². The molecule has 20 heteroatoms. The monoisotopic (exact) mass is 1120 g/mol. The number of carbonyl (C=O) groups is 1. The Morgan fingerprint density at radius 3 is 1.92 bits per heavy atom. The van der Waals surface area contributed by atoms with Gasteiger partial charge in [-0.15, -0.1) is 9.05 Å². The topological polar surface area (TPSA) is 158 Å². The number of nitrogens with zero attached hydrogens (tertiary/aromatic N) is 2. The van der Waals surface area contributed by atoms with E-state index in [1.54, 1.807) is 40.3 Å². The molecule has 0 saturated carbocycles. The first-order valence-corrected chi connectivity index (χ1v) is 27.7. The minimum Gasteiger partial charge on any atom is -0.497 e. The summed E-state index contributed by atoms with van der Waals surface area (Å²) in [6, 6.07) is 27.1. The molecular weight excluding hydrogens is 1050 g/mol. The number of unbranched alkanes of at least 4 members (excludes halogenated alkanes) is 5. The minimum absolute atomic E-state index is 0.0500. The van der Waals surface area contributed by atoms with Crippen LogP contribution in [0.5, 0.6) is 11.5 Å². The lowest BCUT2D eigenvalue weighted by Gasteiger charge is -2.37. The predicted octanol–water partition coefficient (Wildman–Crippen LogP) is 13.0. The molecule has 6 rings (SSSR count). The lowest BCUT2D eigenvalue weighted by Crippen LogP contribution is -2.45. The number of benzene rings is 3. The number of alkyl halides is 4. The molecule has 4 aromatic rings. The number of halogens is 4. The summed E-state index contributed by atoms with van der Waals surface area (Å²) in [7, 11) is 2.73. The summed E-state index contributed by atoms with van der Waals surface area (Å²) in [4.78, 5) is 31.1. The maximum Gasteiger partial charge on any atom is 0.697 e. The van der Waals surface area contributed by atoms with E-state index in [1.165, 1.54) is 49.6 Å². The van der Waals surface area contributed by atoms with Crippen LogP contribution < -0.4 is 25.8 Å². The molecule has 0 aliphatic carbocycles. The molecule has 2 saturated heterocycles. The summed E-state index contributed by atoms with van der Waals surface area (Å²) in [6.07, 6.45) is 8.27. The molecule has 72 heavy (non-hydrogen) atoms. The second-order valence-corrected chi connectivity index (χ2v) is 23.9. The van der Waals surface area contributed by atoms with E-state index in [1.807, 2.05) is 114 Å². The van der Waals surface area contributed by atoms with Gasteiger partial charge in [0.05, 0.1) is 14.2 Å². The van der Waals surface area contributed by atoms with Gasteiger partial charge >= 0.3 is 13.9 Å². The van der Waals surface area contributed by atoms with Crippen molar-refractivity contribution in [3.63, 3.8) is 0 Å². The molecule has 3 heterocycles. The van der Waals surface area contributed by atoms with E-state index in [2.05, 4.69) is 22.5 Å². The van der Waals surface area contributed by atoms with Crippen LogP contribution in [0.1, 0.15) is 116 Å². The van der Waals surface area contributed by atoms with Gasteiger partial charge in [0.2, 0.25) is 0 Å². The van der Waals surface area contributed by atoms with Crippen LogP contribution in [-0.2, 0) is 38.2 Å². The Morgan fingerprint density at radius 2 is 1.39 bits per heavy atom. The van der Waals surface area contributed by atoms with Crippen molar-refractivity contribution in [3.05, 3.63) is 118 Å². The molecule has 2 unspecified atom stereocenters. The molecule has 1 aromatic heterocycles. The molecule has 0 spiro atoms. The van der Waals surface area contributed by atoms with E-state index in [0.29, 0.717) is 23.1 Å². The number of hydrogen-bond acceptors (Lipinski definition) is 14. The number of nitrogens with one attached hydrogen (secondary N) is 2. The van der Waals surface area contributed by atoms with Crippen LogP contribution in [0.15, 0.2) is 95.9 Å². The first kappa shape index (κ1) is 61.5.